The molecule has 0 saturated heterocycles. The van der Waals surface area contributed by atoms with Crippen LogP contribution in [0.4, 0.5) is 0 Å². The molecule has 0 fully saturated rings. The van der Waals surface area contributed by atoms with Crippen LogP contribution >= 0.6 is 0 Å². The lowest BCUT2D eigenvalue weighted by molar-refractivity contribution is -0.167. The summed E-state index contributed by atoms with van der Waals surface area (Å²) in [5.41, 5.74) is 0. The number of hydrogen-bond donors (Lipinski definition) is 0. The third-order valence-corrected chi connectivity index (χ3v) is 10.1. The number of hydrogen-bond acceptors (Lipinski definition) is 6. The maximum atomic E-state index is 12.7. The summed E-state index contributed by atoms with van der Waals surface area (Å²) in [6.45, 7) is 6.45. The van der Waals surface area contributed by atoms with Gasteiger partial charge in [-0.15, -0.1) is 0 Å². The quantitative estimate of drug-likeness (QED) is 0.0265. The zero-order chi connectivity index (χ0) is 40.8. The largest absolute Gasteiger partial charge is 0.462 e. The smallest absolute Gasteiger partial charge is 0.306 e. The predicted octanol–water partition coefficient (Wildman–Crippen LogP) is 15.1. The predicted molar refractivity (Wildman–Crippen MR) is 238 cm³/mol. The highest BCUT2D eigenvalue weighted by Crippen LogP contribution is 2.15. The highest BCUT2D eigenvalue weighted by molar-refractivity contribution is 5.71. The van der Waals surface area contributed by atoms with Crippen LogP contribution in [0.15, 0.2) is 48.6 Å². The van der Waals surface area contributed by atoms with Crippen LogP contribution in [0.1, 0.15) is 233 Å². The SMILES string of the molecule is CC/C=C\C/C=C\C/C=C\CCCCCCC(=O)OC(COC(=O)CCC/C=C\CCCCCC)COC(=O)CCCCCCCCCCCCCCCCC. The van der Waals surface area contributed by atoms with Gasteiger partial charge in [0.2, 0.25) is 0 Å². The second-order valence-electron chi connectivity index (χ2n) is 15.6. The van der Waals surface area contributed by atoms with Gasteiger partial charge in [-0.25, -0.2) is 0 Å². The van der Waals surface area contributed by atoms with Crippen molar-refractivity contribution in [2.24, 2.45) is 0 Å². The van der Waals surface area contributed by atoms with Crippen LogP contribution in [0.2, 0.25) is 0 Å². The van der Waals surface area contributed by atoms with Gasteiger partial charge in [-0.2, -0.15) is 0 Å². The Balaban J connectivity index is 4.38. The van der Waals surface area contributed by atoms with Gasteiger partial charge in [0.05, 0.1) is 0 Å². The van der Waals surface area contributed by atoms with Crippen LogP contribution in [-0.4, -0.2) is 37.2 Å². The monoisotopic (exact) mass is 785 g/mol. The van der Waals surface area contributed by atoms with Gasteiger partial charge in [-0.3, -0.25) is 14.4 Å². The van der Waals surface area contributed by atoms with Gasteiger partial charge in [0.15, 0.2) is 6.10 Å². The van der Waals surface area contributed by atoms with Gasteiger partial charge in [-0.05, 0) is 70.6 Å². The fourth-order valence-electron chi connectivity index (χ4n) is 6.52. The van der Waals surface area contributed by atoms with E-state index in [1.54, 1.807) is 0 Å². The van der Waals surface area contributed by atoms with Crippen LogP contribution in [0, 0.1) is 0 Å². The van der Waals surface area contributed by atoms with Gasteiger partial charge >= 0.3 is 17.9 Å². The summed E-state index contributed by atoms with van der Waals surface area (Å²) in [6.07, 6.45) is 52.5. The van der Waals surface area contributed by atoms with E-state index in [-0.39, 0.29) is 31.1 Å². The molecule has 0 aliphatic rings. The summed E-state index contributed by atoms with van der Waals surface area (Å²) >= 11 is 0. The van der Waals surface area contributed by atoms with Crippen LogP contribution in [0.3, 0.4) is 0 Å². The topological polar surface area (TPSA) is 78.9 Å². The molecule has 1 unspecified atom stereocenters. The Labute approximate surface area is 346 Å². The minimum Gasteiger partial charge on any atom is -0.462 e. The molecule has 0 aromatic heterocycles. The van der Waals surface area contributed by atoms with E-state index in [0.717, 1.165) is 83.5 Å². The van der Waals surface area contributed by atoms with E-state index in [0.29, 0.717) is 25.7 Å². The number of rotatable bonds is 42. The number of ether oxygens (including phenoxy) is 3. The summed E-state index contributed by atoms with van der Waals surface area (Å²) in [6, 6.07) is 0. The van der Waals surface area contributed by atoms with Crippen LogP contribution in [-0.2, 0) is 28.6 Å². The zero-order valence-corrected chi connectivity index (χ0v) is 36.9. The Hall–Kier alpha value is -2.63. The molecule has 6 nitrogen and oxygen atoms in total. The maximum Gasteiger partial charge on any atom is 0.306 e. The number of esters is 3. The van der Waals surface area contributed by atoms with Crippen molar-refractivity contribution in [3.63, 3.8) is 0 Å². The molecular weight excluding hydrogens is 697 g/mol. The van der Waals surface area contributed by atoms with Crippen molar-refractivity contribution < 1.29 is 28.6 Å². The molecule has 324 valence electrons. The van der Waals surface area contributed by atoms with Crippen molar-refractivity contribution >= 4 is 17.9 Å². The number of carbonyl (C=O) groups excluding carboxylic acids is 3. The maximum absolute atomic E-state index is 12.7. The number of carbonyl (C=O) groups is 3. The Kier molecular flexibility index (Phi) is 43.0. The van der Waals surface area contributed by atoms with E-state index < -0.39 is 6.10 Å². The molecule has 0 aromatic rings. The minimum absolute atomic E-state index is 0.0890. The van der Waals surface area contributed by atoms with E-state index in [1.165, 1.54) is 103 Å². The molecular formula is C50H88O6. The van der Waals surface area contributed by atoms with Crippen molar-refractivity contribution in [1.82, 2.24) is 0 Å². The summed E-state index contributed by atoms with van der Waals surface area (Å²) in [7, 11) is 0. The lowest BCUT2D eigenvalue weighted by Gasteiger charge is -2.18. The first-order valence-electron chi connectivity index (χ1n) is 23.6. The molecule has 0 amide bonds. The molecule has 0 aliphatic carbocycles. The van der Waals surface area contributed by atoms with Crippen LogP contribution in [0.25, 0.3) is 0 Å². The molecule has 0 heterocycles. The first kappa shape index (κ1) is 53.4. The van der Waals surface area contributed by atoms with Crippen LogP contribution in [0.5, 0.6) is 0 Å². The molecule has 0 rings (SSSR count). The number of allylic oxidation sites excluding steroid dienone is 8. The van der Waals surface area contributed by atoms with Gasteiger partial charge < -0.3 is 14.2 Å². The third kappa shape index (κ3) is 42.5. The second kappa shape index (κ2) is 45.1. The van der Waals surface area contributed by atoms with Crippen LogP contribution < -0.4 is 0 Å². The van der Waals surface area contributed by atoms with Crippen molar-refractivity contribution in [1.29, 1.82) is 0 Å². The van der Waals surface area contributed by atoms with Crippen molar-refractivity contribution in [2.45, 2.75) is 239 Å². The Morgan fingerprint density at radius 1 is 0.375 bits per heavy atom. The molecule has 0 spiro atoms. The van der Waals surface area contributed by atoms with Crippen molar-refractivity contribution in [3.05, 3.63) is 48.6 Å². The van der Waals surface area contributed by atoms with Gasteiger partial charge in [0, 0.05) is 19.3 Å². The normalized spacial score (nSPS) is 12.4. The van der Waals surface area contributed by atoms with E-state index in [9.17, 15) is 14.4 Å². The molecule has 0 aliphatic heterocycles. The molecule has 6 heteroatoms. The standard InChI is InChI=1S/C50H88O6/c1-4-7-10-13-16-19-21-23-25-27-28-31-34-37-40-43-49(52)55-46-47(45-54-48(51)42-39-36-33-30-18-15-12-9-6-3)56-50(53)44-41-38-35-32-29-26-24-22-20-17-14-11-8-5-2/h8,11,17,20,24,26,30,33,47H,4-7,9-10,12-16,18-19,21-23,25,27-29,31-32,34-46H2,1-3H3/b11-8-,20-17-,26-24-,33-30-. The molecule has 0 N–H and O–H groups in total. The van der Waals surface area contributed by atoms with E-state index in [4.69, 9.17) is 14.2 Å². The summed E-state index contributed by atoms with van der Waals surface area (Å²) in [5, 5.41) is 0. The third-order valence-electron chi connectivity index (χ3n) is 10.1. The lowest BCUT2D eigenvalue weighted by atomic mass is 10.0. The molecule has 0 saturated carbocycles. The fourth-order valence-corrected chi connectivity index (χ4v) is 6.52. The Morgan fingerprint density at radius 2 is 0.714 bits per heavy atom. The molecule has 1 atom stereocenters. The molecule has 0 bridgehead atoms. The first-order valence-corrected chi connectivity index (χ1v) is 23.6. The first-order chi connectivity index (χ1) is 27.5. The average Bonchev–Trinajstić information content (AvgIpc) is 3.19. The lowest BCUT2D eigenvalue weighted by Crippen LogP contribution is -2.30. The number of unbranched alkanes of at least 4 members (excludes halogenated alkanes) is 23. The minimum atomic E-state index is -0.790. The van der Waals surface area contributed by atoms with E-state index in [2.05, 4.69) is 69.4 Å². The summed E-state index contributed by atoms with van der Waals surface area (Å²) in [4.78, 5) is 37.7. The highest BCUT2D eigenvalue weighted by atomic mass is 16.6. The summed E-state index contributed by atoms with van der Waals surface area (Å²) < 4.78 is 16.7. The fraction of sp³-hybridized carbons (Fsp3) is 0.780. The van der Waals surface area contributed by atoms with Gasteiger partial charge in [0.1, 0.15) is 13.2 Å². The Bertz CT molecular complexity index is 996. The zero-order valence-electron chi connectivity index (χ0n) is 36.9. The van der Waals surface area contributed by atoms with E-state index in [1.807, 2.05) is 0 Å². The highest BCUT2D eigenvalue weighted by Gasteiger charge is 2.19. The Morgan fingerprint density at radius 3 is 1.20 bits per heavy atom. The van der Waals surface area contributed by atoms with Crippen molar-refractivity contribution in [2.75, 3.05) is 13.2 Å². The average molecular weight is 785 g/mol. The summed E-state index contributed by atoms with van der Waals surface area (Å²) in [5.74, 6) is -0.947. The molecule has 0 aromatic carbocycles. The van der Waals surface area contributed by atoms with Gasteiger partial charge in [-0.1, -0.05) is 191 Å². The van der Waals surface area contributed by atoms with Crippen molar-refractivity contribution in [3.8, 4) is 0 Å². The molecule has 0 radical (unpaired) electrons. The molecule has 56 heavy (non-hydrogen) atoms. The van der Waals surface area contributed by atoms with E-state index >= 15 is 0 Å². The second-order valence-corrected chi connectivity index (χ2v) is 15.6. The van der Waals surface area contributed by atoms with Gasteiger partial charge in [0.25, 0.3) is 0 Å².